The zero-order valence-corrected chi connectivity index (χ0v) is 13.3. The van der Waals surface area contributed by atoms with E-state index in [1.54, 1.807) is 0 Å². The molecule has 4 nitrogen and oxygen atoms in total. The van der Waals surface area contributed by atoms with Crippen LogP contribution >= 0.6 is 0 Å². The lowest BCUT2D eigenvalue weighted by Crippen LogP contribution is -2.36. The highest BCUT2D eigenvalue weighted by Gasteiger charge is 2.17. The molecule has 0 aliphatic rings. The summed E-state index contributed by atoms with van der Waals surface area (Å²) in [5.41, 5.74) is 10.3. The van der Waals surface area contributed by atoms with E-state index in [1.165, 1.54) is 11.1 Å². The molecule has 0 aliphatic carbocycles. The molecule has 1 aromatic rings. The van der Waals surface area contributed by atoms with E-state index in [0.29, 0.717) is 6.54 Å². The van der Waals surface area contributed by atoms with Crippen molar-refractivity contribution in [3.05, 3.63) is 34.4 Å². The summed E-state index contributed by atoms with van der Waals surface area (Å²) in [5, 5.41) is 2.71. The molecule has 1 aromatic carbocycles. The first-order chi connectivity index (χ1) is 9.10. The van der Waals surface area contributed by atoms with Crippen LogP contribution in [0.5, 0.6) is 0 Å². The number of ether oxygens (including phenoxy) is 1. The number of carbonyl (C=O) groups excluding carboxylic acids is 1. The van der Waals surface area contributed by atoms with E-state index in [2.05, 4.69) is 31.3 Å². The molecule has 0 bridgehead atoms. The van der Waals surface area contributed by atoms with Crippen LogP contribution in [0.3, 0.4) is 0 Å². The summed E-state index contributed by atoms with van der Waals surface area (Å²) in [4.78, 5) is 11.6. The summed E-state index contributed by atoms with van der Waals surface area (Å²) in [6.45, 7) is 12.0. The quantitative estimate of drug-likeness (QED) is 0.892. The highest BCUT2D eigenvalue weighted by molar-refractivity contribution is 5.67. The first-order valence-corrected chi connectivity index (χ1v) is 6.90. The van der Waals surface area contributed by atoms with Crippen LogP contribution in [-0.4, -0.2) is 18.2 Å². The van der Waals surface area contributed by atoms with E-state index in [0.717, 1.165) is 11.1 Å². The van der Waals surface area contributed by atoms with Gasteiger partial charge < -0.3 is 15.8 Å². The number of benzene rings is 1. The zero-order chi connectivity index (χ0) is 15.5. The molecular formula is C16H26N2O2. The Morgan fingerprint density at radius 3 is 2.30 bits per heavy atom. The SMILES string of the molecule is Cc1cc(C)c(C(N)CNC(=O)OC(C)(C)C)cc1C. The number of alkyl carbamates (subject to hydrolysis) is 1. The minimum absolute atomic E-state index is 0.234. The molecule has 0 fully saturated rings. The minimum atomic E-state index is -0.495. The van der Waals surface area contributed by atoms with Crippen LogP contribution in [0.1, 0.15) is 49.1 Å². The predicted molar refractivity (Wildman–Crippen MR) is 81.8 cm³/mol. The van der Waals surface area contributed by atoms with E-state index >= 15 is 0 Å². The molecule has 0 aromatic heterocycles. The number of amides is 1. The monoisotopic (exact) mass is 278 g/mol. The number of nitrogens with two attached hydrogens (primary N) is 1. The van der Waals surface area contributed by atoms with Crippen molar-refractivity contribution in [2.24, 2.45) is 5.73 Å². The molecule has 20 heavy (non-hydrogen) atoms. The summed E-state index contributed by atoms with van der Waals surface area (Å²) >= 11 is 0. The molecule has 0 heterocycles. The van der Waals surface area contributed by atoms with E-state index < -0.39 is 11.7 Å². The van der Waals surface area contributed by atoms with Crippen LogP contribution in [0, 0.1) is 20.8 Å². The average molecular weight is 278 g/mol. The predicted octanol–water partition coefficient (Wildman–Crippen LogP) is 3.14. The van der Waals surface area contributed by atoms with Gasteiger partial charge in [0.05, 0.1) is 0 Å². The summed E-state index contributed by atoms with van der Waals surface area (Å²) in [5.74, 6) is 0. The smallest absolute Gasteiger partial charge is 0.407 e. The Balaban J connectivity index is 2.66. The maximum atomic E-state index is 11.6. The second-order valence-electron chi connectivity index (χ2n) is 6.28. The third kappa shape index (κ3) is 4.85. The van der Waals surface area contributed by atoms with Crippen LogP contribution in [-0.2, 0) is 4.74 Å². The van der Waals surface area contributed by atoms with Crippen LogP contribution < -0.4 is 11.1 Å². The average Bonchev–Trinajstić information content (AvgIpc) is 2.28. The number of carbonyl (C=O) groups is 1. The number of nitrogens with one attached hydrogen (secondary N) is 1. The fourth-order valence-corrected chi connectivity index (χ4v) is 2.00. The van der Waals surface area contributed by atoms with Gasteiger partial charge in [0.2, 0.25) is 0 Å². The third-order valence-corrected chi connectivity index (χ3v) is 3.15. The van der Waals surface area contributed by atoms with Gasteiger partial charge in [-0.15, -0.1) is 0 Å². The topological polar surface area (TPSA) is 64.3 Å². The molecule has 1 unspecified atom stereocenters. The maximum Gasteiger partial charge on any atom is 0.407 e. The normalized spacial score (nSPS) is 12.9. The molecule has 112 valence electrons. The van der Waals surface area contributed by atoms with Crippen LogP contribution in [0.4, 0.5) is 4.79 Å². The second kappa shape index (κ2) is 6.27. The van der Waals surface area contributed by atoms with Crippen LogP contribution in [0.25, 0.3) is 0 Å². The summed E-state index contributed by atoms with van der Waals surface area (Å²) in [6, 6.07) is 3.98. The van der Waals surface area contributed by atoms with E-state index in [1.807, 2.05) is 27.7 Å². The maximum absolute atomic E-state index is 11.6. The van der Waals surface area contributed by atoms with Crippen molar-refractivity contribution in [3.8, 4) is 0 Å². The zero-order valence-electron chi connectivity index (χ0n) is 13.3. The number of hydrogen-bond acceptors (Lipinski definition) is 3. The molecular weight excluding hydrogens is 252 g/mol. The van der Waals surface area contributed by atoms with Gasteiger partial charge in [0.15, 0.2) is 0 Å². The fourth-order valence-electron chi connectivity index (χ4n) is 2.00. The van der Waals surface area contributed by atoms with Gasteiger partial charge in [-0.25, -0.2) is 4.79 Å². The highest BCUT2D eigenvalue weighted by Crippen LogP contribution is 2.20. The lowest BCUT2D eigenvalue weighted by molar-refractivity contribution is 0.0524. The van der Waals surface area contributed by atoms with Crippen molar-refractivity contribution < 1.29 is 9.53 Å². The van der Waals surface area contributed by atoms with Gasteiger partial charge >= 0.3 is 6.09 Å². The summed E-state index contributed by atoms with van der Waals surface area (Å²) < 4.78 is 5.19. The van der Waals surface area contributed by atoms with Gasteiger partial charge in [0.1, 0.15) is 5.60 Å². The lowest BCUT2D eigenvalue weighted by Gasteiger charge is -2.21. The largest absolute Gasteiger partial charge is 0.444 e. The van der Waals surface area contributed by atoms with Gasteiger partial charge in [0, 0.05) is 12.6 Å². The first kappa shape index (κ1) is 16.5. The summed E-state index contributed by atoms with van der Waals surface area (Å²) in [7, 11) is 0. The van der Waals surface area contributed by atoms with E-state index in [9.17, 15) is 4.79 Å². The minimum Gasteiger partial charge on any atom is -0.444 e. The van der Waals surface area contributed by atoms with Gasteiger partial charge in [-0.3, -0.25) is 0 Å². The Morgan fingerprint density at radius 1 is 1.20 bits per heavy atom. The molecule has 0 aliphatic heterocycles. The first-order valence-electron chi connectivity index (χ1n) is 6.90. The van der Waals surface area contributed by atoms with E-state index in [4.69, 9.17) is 10.5 Å². The molecule has 1 atom stereocenters. The third-order valence-electron chi connectivity index (χ3n) is 3.15. The molecule has 0 saturated carbocycles. The van der Waals surface area contributed by atoms with Crippen LogP contribution in [0.2, 0.25) is 0 Å². The summed E-state index contributed by atoms with van der Waals surface area (Å²) in [6.07, 6.45) is -0.436. The van der Waals surface area contributed by atoms with Crippen LogP contribution in [0.15, 0.2) is 12.1 Å². The molecule has 1 amide bonds. The van der Waals surface area contributed by atoms with Crippen molar-refractivity contribution in [1.82, 2.24) is 5.32 Å². The van der Waals surface area contributed by atoms with Gasteiger partial charge in [0.25, 0.3) is 0 Å². The van der Waals surface area contributed by atoms with Crippen molar-refractivity contribution in [1.29, 1.82) is 0 Å². The number of aryl methyl sites for hydroxylation is 3. The Bertz CT molecular complexity index is 490. The molecule has 0 radical (unpaired) electrons. The molecule has 1 rings (SSSR count). The van der Waals surface area contributed by atoms with Gasteiger partial charge in [-0.05, 0) is 63.8 Å². The molecule has 4 heteroatoms. The lowest BCUT2D eigenvalue weighted by atomic mass is 9.96. The fraction of sp³-hybridized carbons (Fsp3) is 0.562. The number of hydrogen-bond donors (Lipinski definition) is 2. The molecule has 0 spiro atoms. The Morgan fingerprint density at radius 2 is 1.75 bits per heavy atom. The number of rotatable bonds is 3. The van der Waals surface area contributed by atoms with Gasteiger partial charge in [-0.1, -0.05) is 12.1 Å². The standard InChI is InChI=1S/C16H26N2O2/c1-10-7-12(3)13(8-11(10)2)14(17)9-18-15(19)20-16(4,5)6/h7-8,14H,9,17H2,1-6H3,(H,18,19). The Kier molecular flexibility index (Phi) is 5.17. The molecule has 0 saturated heterocycles. The van der Waals surface area contributed by atoms with Crippen molar-refractivity contribution in [2.45, 2.75) is 53.2 Å². The van der Waals surface area contributed by atoms with Gasteiger partial charge in [-0.2, -0.15) is 0 Å². The Labute approximate surface area is 121 Å². The van der Waals surface area contributed by atoms with E-state index in [-0.39, 0.29) is 6.04 Å². The van der Waals surface area contributed by atoms with Crippen molar-refractivity contribution in [3.63, 3.8) is 0 Å². The Hall–Kier alpha value is -1.55. The van der Waals surface area contributed by atoms with Crippen molar-refractivity contribution >= 4 is 6.09 Å². The molecule has 3 N–H and O–H groups in total. The second-order valence-corrected chi connectivity index (χ2v) is 6.28. The van der Waals surface area contributed by atoms with Crippen molar-refractivity contribution in [2.75, 3.05) is 6.54 Å². The highest BCUT2D eigenvalue weighted by atomic mass is 16.6.